The highest BCUT2D eigenvalue weighted by Gasteiger charge is 2.17. The van der Waals surface area contributed by atoms with E-state index in [0.29, 0.717) is 15.9 Å². The fourth-order valence-electron chi connectivity index (χ4n) is 2.68. The van der Waals surface area contributed by atoms with Crippen LogP contribution in [-0.2, 0) is 6.54 Å². The second-order valence-electron chi connectivity index (χ2n) is 5.86. The topological polar surface area (TPSA) is 59.9 Å². The van der Waals surface area contributed by atoms with Crippen LogP contribution >= 0.6 is 22.6 Å². The number of hydrogen-bond acceptors (Lipinski definition) is 3. The van der Waals surface area contributed by atoms with Crippen LogP contribution < -0.4 is 10.3 Å². The number of nitrogens with one attached hydrogen (secondary N) is 1. The van der Waals surface area contributed by atoms with Gasteiger partial charge in [-0.2, -0.15) is 0 Å². The van der Waals surface area contributed by atoms with Crippen LogP contribution in [0.2, 0.25) is 0 Å². The van der Waals surface area contributed by atoms with Crippen molar-refractivity contribution in [1.29, 1.82) is 0 Å². The van der Waals surface area contributed by atoms with Crippen molar-refractivity contribution in [2.24, 2.45) is 0 Å². The fourth-order valence-corrected chi connectivity index (χ4v) is 3.25. The lowest BCUT2D eigenvalue weighted by molar-refractivity contribution is 0.466. The van der Waals surface area contributed by atoms with E-state index in [1.165, 1.54) is 0 Å². The number of aromatic amines is 1. The number of hydrogen-bond donors (Lipinski definition) is 1. The lowest BCUT2D eigenvalue weighted by atomic mass is 10.1. The number of aromatic nitrogens is 3. The molecule has 0 saturated carbocycles. The van der Waals surface area contributed by atoms with Gasteiger partial charge in [0.15, 0.2) is 5.75 Å². The Morgan fingerprint density at radius 1 is 1.21 bits per heavy atom. The summed E-state index contributed by atoms with van der Waals surface area (Å²) in [6.07, 6.45) is 5.37. The number of pyridine rings is 1. The van der Waals surface area contributed by atoms with E-state index in [9.17, 15) is 4.79 Å². The zero-order valence-corrected chi connectivity index (χ0v) is 15.9. The Balaban J connectivity index is 2.09. The second kappa shape index (κ2) is 6.80. The summed E-state index contributed by atoms with van der Waals surface area (Å²) in [5.41, 5.74) is 3.85. The van der Waals surface area contributed by atoms with Gasteiger partial charge in [0.1, 0.15) is 9.32 Å². The fraction of sp³-hybridized carbons (Fsp3) is 0.222. The van der Waals surface area contributed by atoms with Crippen molar-refractivity contribution in [2.45, 2.75) is 27.3 Å². The molecule has 24 heavy (non-hydrogen) atoms. The normalized spacial score (nSPS) is 10.8. The number of imidazole rings is 1. The molecule has 0 aliphatic carbocycles. The number of H-pyrrole nitrogens is 1. The highest BCUT2D eigenvalue weighted by Crippen LogP contribution is 2.31. The standard InChI is InChI=1S/C18H18IN3O2/c1-11-6-12(2)8-14(7-11)24-17-15(9-22-5-4-20-10-22)13(3)21-18(23)16(17)19/h4-8,10H,9H2,1-3H3,(H,21,23). The highest BCUT2D eigenvalue weighted by molar-refractivity contribution is 14.1. The van der Waals surface area contributed by atoms with Crippen LogP contribution in [0.25, 0.3) is 0 Å². The number of nitrogens with zero attached hydrogens (tertiary/aromatic N) is 2. The molecule has 0 amide bonds. The minimum absolute atomic E-state index is 0.137. The first-order valence-corrected chi connectivity index (χ1v) is 8.65. The van der Waals surface area contributed by atoms with Crippen LogP contribution in [0, 0.1) is 24.3 Å². The summed E-state index contributed by atoms with van der Waals surface area (Å²) in [4.78, 5) is 19.1. The summed E-state index contributed by atoms with van der Waals surface area (Å²) < 4.78 is 8.65. The molecule has 124 valence electrons. The molecule has 0 aliphatic heterocycles. The van der Waals surface area contributed by atoms with Gasteiger partial charge in [0.2, 0.25) is 0 Å². The van der Waals surface area contributed by atoms with Gasteiger partial charge in [-0.1, -0.05) is 6.07 Å². The largest absolute Gasteiger partial charge is 0.456 e. The summed E-state index contributed by atoms with van der Waals surface area (Å²) in [5.74, 6) is 1.35. The summed E-state index contributed by atoms with van der Waals surface area (Å²) in [7, 11) is 0. The predicted octanol–water partition coefficient (Wildman–Crippen LogP) is 3.94. The maximum Gasteiger partial charge on any atom is 0.265 e. The highest BCUT2D eigenvalue weighted by atomic mass is 127. The van der Waals surface area contributed by atoms with Gasteiger partial charge in [-0.05, 0) is 66.6 Å². The van der Waals surface area contributed by atoms with Gasteiger partial charge in [-0.15, -0.1) is 0 Å². The zero-order valence-electron chi connectivity index (χ0n) is 13.8. The molecule has 1 N–H and O–H groups in total. The molecule has 0 bridgehead atoms. The third kappa shape index (κ3) is 3.53. The van der Waals surface area contributed by atoms with Gasteiger partial charge in [-0.25, -0.2) is 4.98 Å². The number of aryl methyl sites for hydroxylation is 3. The van der Waals surface area contributed by atoms with Crippen molar-refractivity contribution in [3.63, 3.8) is 0 Å². The molecular weight excluding hydrogens is 417 g/mol. The van der Waals surface area contributed by atoms with Crippen molar-refractivity contribution in [3.8, 4) is 11.5 Å². The minimum atomic E-state index is -0.137. The van der Waals surface area contributed by atoms with Crippen LogP contribution in [0.1, 0.15) is 22.4 Å². The van der Waals surface area contributed by atoms with E-state index in [4.69, 9.17) is 4.74 Å². The maximum absolute atomic E-state index is 12.2. The molecular formula is C18H18IN3O2. The van der Waals surface area contributed by atoms with Crippen LogP contribution in [0.5, 0.6) is 11.5 Å². The van der Waals surface area contributed by atoms with Crippen molar-refractivity contribution < 1.29 is 4.74 Å². The van der Waals surface area contributed by atoms with Crippen molar-refractivity contribution >= 4 is 22.6 Å². The monoisotopic (exact) mass is 435 g/mol. The summed E-state index contributed by atoms with van der Waals surface area (Å²) in [5, 5.41) is 0. The van der Waals surface area contributed by atoms with Crippen LogP contribution in [0.4, 0.5) is 0 Å². The number of ether oxygens (including phenoxy) is 1. The average molecular weight is 435 g/mol. The molecule has 0 saturated heterocycles. The molecule has 0 radical (unpaired) electrons. The quantitative estimate of drug-likeness (QED) is 0.632. The molecule has 2 aromatic heterocycles. The Hall–Kier alpha value is -2.09. The Morgan fingerprint density at radius 3 is 2.54 bits per heavy atom. The van der Waals surface area contributed by atoms with Crippen LogP contribution in [-0.4, -0.2) is 14.5 Å². The van der Waals surface area contributed by atoms with E-state index < -0.39 is 0 Å². The minimum Gasteiger partial charge on any atom is -0.456 e. The van der Waals surface area contributed by atoms with Gasteiger partial charge in [0.25, 0.3) is 5.56 Å². The van der Waals surface area contributed by atoms with Gasteiger partial charge in [0.05, 0.1) is 12.9 Å². The third-order valence-electron chi connectivity index (χ3n) is 3.74. The SMILES string of the molecule is Cc1cc(C)cc(Oc2c(Cn3ccnc3)c(C)[nH]c(=O)c2I)c1. The van der Waals surface area contributed by atoms with Crippen molar-refractivity contribution in [1.82, 2.24) is 14.5 Å². The first-order chi connectivity index (χ1) is 11.4. The molecule has 3 aromatic rings. The number of benzene rings is 1. The lowest BCUT2D eigenvalue weighted by Gasteiger charge is -2.16. The van der Waals surface area contributed by atoms with E-state index in [0.717, 1.165) is 28.1 Å². The molecule has 0 aliphatic rings. The Labute approximate surface area is 153 Å². The van der Waals surface area contributed by atoms with Crippen molar-refractivity contribution in [2.75, 3.05) is 0 Å². The molecule has 5 nitrogen and oxygen atoms in total. The third-order valence-corrected chi connectivity index (χ3v) is 4.72. The smallest absolute Gasteiger partial charge is 0.265 e. The molecule has 3 rings (SSSR count). The first-order valence-electron chi connectivity index (χ1n) is 7.57. The van der Waals surface area contributed by atoms with E-state index in [1.54, 1.807) is 12.5 Å². The van der Waals surface area contributed by atoms with E-state index in [1.807, 2.05) is 66.3 Å². The first kappa shape index (κ1) is 16.8. The molecule has 0 fully saturated rings. The Bertz CT molecular complexity index is 910. The van der Waals surface area contributed by atoms with E-state index in [2.05, 4.69) is 16.0 Å². The molecule has 0 unspecified atom stereocenters. The molecule has 6 heteroatoms. The molecule has 2 heterocycles. The average Bonchev–Trinajstić information content (AvgIpc) is 3.00. The number of halogens is 1. The van der Waals surface area contributed by atoms with Crippen LogP contribution in [0.3, 0.4) is 0 Å². The van der Waals surface area contributed by atoms with Gasteiger partial charge < -0.3 is 14.3 Å². The second-order valence-corrected chi connectivity index (χ2v) is 6.94. The predicted molar refractivity (Wildman–Crippen MR) is 102 cm³/mol. The Kier molecular flexibility index (Phi) is 4.75. The lowest BCUT2D eigenvalue weighted by Crippen LogP contribution is -2.16. The zero-order chi connectivity index (χ0) is 17.3. The summed E-state index contributed by atoms with van der Waals surface area (Å²) in [6, 6.07) is 6.04. The summed E-state index contributed by atoms with van der Waals surface area (Å²) >= 11 is 2.04. The number of rotatable bonds is 4. The maximum atomic E-state index is 12.2. The molecule has 0 spiro atoms. The van der Waals surface area contributed by atoms with Crippen LogP contribution in [0.15, 0.2) is 41.7 Å². The van der Waals surface area contributed by atoms with Gasteiger partial charge >= 0.3 is 0 Å². The van der Waals surface area contributed by atoms with Crippen molar-refractivity contribution in [3.05, 3.63) is 73.2 Å². The van der Waals surface area contributed by atoms with Gasteiger partial charge in [0, 0.05) is 23.7 Å². The van der Waals surface area contributed by atoms with E-state index >= 15 is 0 Å². The van der Waals surface area contributed by atoms with E-state index in [-0.39, 0.29) is 5.56 Å². The molecule has 0 atom stereocenters. The van der Waals surface area contributed by atoms with Gasteiger partial charge in [-0.3, -0.25) is 4.79 Å². The summed E-state index contributed by atoms with van der Waals surface area (Å²) in [6.45, 7) is 6.53. The Morgan fingerprint density at radius 2 is 1.92 bits per heavy atom. The molecule has 1 aromatic carbocycles.